The zero-order chi connectivity index (χ0) is 24.1. The molecule has 2 unspecified atom stereocenters. The number of hydrogen-bond donors (Lipinski definition) is 2. The van der Waals surface area contributed by atoms with Gasteiger partial charge in [0.05, 0.1) is 6.04 Å². The standard InChI is InChI=1S/C29H46N4O/c1-20-15-21(2)19-33(18-20)29(32-28-6-4-5-25(17-28)22(3)34)31-27-13-9-24(10-14-27)16-23-7-11-26(30)12-8-23/h4-6,17,20-21,23-24,26-27H,7-16,18-19,30H2,1-3H3,(H,31,32). The number of benzene rings is 1. The van der Waals surface area contributed by atoms with Crippen LogP contribution in [0.5, 0.6) is 0 Å². The van der Waals surface area contributed by atoms with Crippen molar-refractivity contribution in [1.82, 2.24) is 4.90 Å². The third kappa shape index (κ3) is 7.07. The number of anilines is 1. The summed E-state index contributed by atoms with van der Waals surface area (Å²) in [5.41, 5.74) is 7.81. The maximum atomic E-state index is 11.9. The number of hydrogen-bond acceptors (Lipinski definition) is 3. The van der Waals surface area contributed by atoms with Crippen molar-refractivity contribution in [2.24, 2.45) is 34.4 Å². The van der Waals surface area contributed by atoms with Gasteiger partial charge in [0.2, 0.25) is 0 Å². The van der Waals surface area contributed by atoms with Gasteiger partial charge in [-0.1, -0.05) is 26.0 Å². The van der Waals surface area contributed by atoms with E-state index in [2.05, 4.69) is 24.1 Å². The van der Waals surface area contributed by atoms with E-state index in [1.165, 1.54) is 64.2 Å². The molecule has 0 radical (unpaired) electrons. The normalized spacial score (nSPS) is 32.9. The number of nitrogens with two attached hydrogens (primary N) is 1. The van der Waals surface area contributed by atoms with E-state index in [0.29, 0.717) is 23.9 Å². The van der Waals surface area contributed by atoms with E-state index in [-0.39, 0.29) is 5.78 Å². The summed E-state index contributed by atoms with van der Waals surface area (Å²) < 4.78 is 0. The molecule has 188 valence electrons. The second-order valence-electron chi connectivity index (χ2n) is 11.8. The van der Waals surface area contributed by atoms with Crippen molar-refractivity contribution >= 4 is 17.4 Å². The number of aliphatic imine (C=N–C) groups is 1. The van der Waals surface area contributed by atoms with Crippen LogP contribution in [0.3, 0.4) is 0 Å². The maximum absolute atomic E-state index is 11.9. The summed E-state index contributed by atoms with van der Waals surface area (Å²) in [6.07, 6.45) is 12.8. The second kappa shape index (κ2) is 11.7. The summed E-state index contributed by atoms with van der Waals surface area (Å²) in [6.45, 7) is 8.41. The van der Waals surface area contributed by atoms with Gasteiger partial charge >= 0.3 is 0 Å². The number of carbonyl (C=O) groups excluding carboxylic acids is 1. The third-order valence-corrected chi connectivity index (χ3v) is 8.37. The number of nitrogens with one attached hydrogen (secondary N) is 1. The van der Waals surface area contributed by atoms with Gasteiger partial charge in [-0.2, -0.15) is 0 Å². The van der Waals surface area contributed by atoms with Gasteiger partial charge in [-0.25, -0.2) is 4.99 Å². The number of nitrogens with zero attached hydrogens (tertiary/aromatic N) is 2. The topological polar surface area (TPSA) is 70.7 Å². The van der Waals surface area contributed by atoms with E-state index < -0.39 is 0 Å². The summed E-state index contributed by atoms with van der Waals surface area (Å²) in [7, 11) is 0. The first kappa shape index (κ1) is 25.2. The van der Waals surface area contributed by atoms with Crippen LogP contribution in [0.2, 0.25) is 0 Å². The van der Waals surface area contributed by atoms with Gasteiger partial charge in [-0.05, 0) is 107 Å². The molecule has 0 spiro atoms. The predicted octanol–water partition coefficient (Wildman–Crippen LogP) is 6.10. The highest BCUT2D eigenvalue weighted by atomic mass is 16.1. The van der Waals surface area contributed by atoms with Crippen molar-refractivity contribution in [3.05, 3.63) is 29.8 Å². The maximum Gasteiger partial charge on any atom is 0.198 e. The summed E-state index contributed by atoms with van der Waals surface area (Å²) in [6, 6.07) is 8.69. The summed E-state index contributed by atoms with van der Waals surface area (Å²) in [5.74, 6) is 4.19. The average molecular weight is 467 g/mol. The molecule has 3 aliphatic rings. The fourth-order valence-electron chi connectivity index (χ4n) is 6.55. The fourth-order valence-corrected chi connectivity index (χ4v) is 6.55. The Kier molecular flexibility index (Phi) is 8.68. The van der Waals surface area contributed by atoms with Gasteiger partial charge in [-0.15, -0.1) is 0 Å². The van der Waals surface area contributed by atoms with E-state index in [9.17, 15) is 4.79 Å². The van der Waals surface area contributed by atoms with E-state index in [1.54, 1.807) is 6.92 Å². The Labute approximate surface area is 207 Å². The van der Waals surface area contributed by atoms with Crippen molar-refractivity contribution in [3.63, 3.8) is 0 Å². The highest BCUT2D eigenvalue weighted by Crippen LogP contribution is 2.36. The summed E-state index contributed by atoms with van der Waals surface area (Å²) >= 11 is 0. The molecular weight excluding hydrogens is 420 g/mol. The van der Waals surface area contributed by atoms with Crippen LogP contribution in [0, 0.1) is 23.7 Å². The van der Waals surface area contributed by atoms with Crippen molar-refractivity contribution in [3.8, 4) is 0 Å². The zero-order valence-corrected chi connectivity index (χ0v) is 21.6. The molecule has 0 amide bonds. The zero-order valence-electron chi connectivity index (χ0n) is 21.6. The van der Waals surface area contributed by atoms with Crippen molar-refractivity contribution < 1.29 is 4.79 Å². The van der Waals surface area contributed by atoms with Gasteiger partial charge in [0, 0.05) is 30.4 Å². The van der Waals surface area contributed by atoms with Crippen LogP contribution < -0.4 is 11.1 Å². The highest BCUT2D eigenvalue weighted by Gasteiger charge is 2.28. The van der Waals surface area contributed by atoms with E-state index in [4.69, 9.17) is 10.7 Å². The van der Waals surface area contributed by atoms with Gasteiger partial charge in [-0.3, -0.25) is 4.79 Å². The molecule has 2 atom stereocenters. The van der Waals surface area contributed by atoms with Crippen LogP contribution in [0.25, 0.3) is 0 Å². The second-order valence-corrected chi connectivity index (χ2v) is 11.8. The first-order valence-electron chi connectivity index (χ1n) is 13.8. The van der Waals surface area contributed by atoms with Gasteiger partial charge < -0.3 is 16.0 Å². The molecule has 3 fully saturated rings. The quantitative estimate of drug-likeness (QED) is 0.312. The Morgan fingerprint density at radius 3 is 2.24 bits per heavy atom. The van der Waals surface area contributed by atoms with Crippen molar-refractivity contribution in [2.75, 3.05) is 18.4 Å². The van der Waals surface area contributed by atoms with Gasteiger partial charge in [0.15, 0.2) is 11.7 Å². The van der Waals surface area contributed by atoms with Gasteiger partial charge in [0.25, 0.3) is 0 Å². The van der Waals surface area contributed by atoms with Gasteiger partial charge in [0.1, 0.15) is 0 Å². The Balaban J connectivity index is 1.42. The Morgan fingerprint density at radius 2 is 1.62 bits per heavy atom. The number of piperidine rings is 1. The molecule has 5 heteroatoms. The molecule has 0 aromatic heterocycles. The first-order valence-corrected chi connectivity index (χ1v) is 13.8. The minimum atomic E-state index is 0.0978. The number of Topliss-reactive ketones (excluding diaryl/α,β-unsaturated/α-hetero) is 1. The minimum absolute atomic E-state index is 0.0978. The molecule has 5 nitrogen and oxygen atoms in total. The van der Waals surface area contributed by atoms with E-state index in [0.717, 1.165) is 42.1 Å². The van der Waals surface area contributed by atoms with Crippen LogP contribution in [-0.4, -0.2) is 41.8 Å². The van der Waals surface area contributed by atoms with Crippen molar-refractivity contribution in [2.45, 2.75) is 97.1 Å². The monoisotopic (exact) mass is 466 g/mol. The van der Waals surface area contributed by atoms with Crippen LogP contribution in [0.1, 0.15) is 95.3 Å². The predicted molar refractivity (Wildman–Crippen MR) is 142 cm³/mol. The fraction of sp³-hybridized carbons (Fsp3) is 0.724. The molecule has 1 aromatic rings. The molecule has 4 rings (SSSR count). The third-order valence-electron chi connectivity index (χ3n) is 8.37. The molecule has 1 aliphatic heterocycles. The van der Waals surface area contributed by atoms with Crippen LogP contribution in [0.15, 0.2) is 29.3 Å². The van der Waals surface area contributed by atoms with E-state index in [1.807, 2.05) is 24.3 Å². The van der Waals surface area contributed by atoms with Crippen molar-refractivity contribution in [1.29, 1.82) is 0 Å². The van der Waals surface area contributed by atoms with Crippen LogP contribution >= 0.6 is 0 Å². The highest BCUT2D eigenvalue weighted by molar-refractivity contribution is 5.98. The molecule has 2 saturated carbocycles. The smallest absolute Gasteiger partial charge is 0.198 e. The Hall–Kier alpha value is -1.88. The SMILES string of the molecule is CC(=O)c1cccc(NC(=NC2CCC(CC3CCC(N)CC3)CC2)N2CC(C)CC(C)C2)c1. The van der Waals surface area contributed by atoms with Crippen LogP contribution in [0.4, 0.5) is 5.69 Å². The lowest BCUT2D eigenvalue weighted by atomic mass is 9.76. The lowest BCUT2D eigenvalue weighted by molar-refractivity contribution is 0.101. The van der Waals surface area contributed by atoms with Crippen LogP contribution in [-0.2, 0) is 0 Å². The molecule has 1 heterocycles. The first-order chi connectivity index (χ1) is 16.4. The lowest BCUT2D eigenvalue weighted by Gasteiger charge is -2.38. The number of carbonyl (C=O) groups is 1. The molecular formula is C29H46N4O. The number of likely N-dealkylation sites (tertiary alicyclic amines) is 1. The summed E-state index contributed by atoms with van der Waals surface area (Å²) in [4.78, 5) is 19.7. The molecule has 1 aromatic carbocycles. The minimum Gasteiger partial charge on any atom is -0.342 e. The largest absolute Gasteiger partial charge is 0.342 e. The molecule has 34 heavy (non-hydrogen) atoms. The molecule has 2 aliphatic carbocycles. The number of guanidine groups is 1. The molecule has 1 saturated heterocycles. The molecule has 3 N–H and O–H groups in total. The van der Waals surface area contributed by atoms with E-state index >= 15 is 0 Å². The summed E-state index contributed by atoms with van der Waals surface area (Å²) in [5, 5.41) is 3.63. The number of ketones is 1. The lowest BCUT2D eigenvalue weighted by Crippen LogP contribution is -2.46. The number of rotatable bonds is 5. The Bertz CT molecular complexity index is 826. The molecule has 0 bridgehead atoms. The average Bonchev–Trinajstić information content (AvgIpc) is 2.81. The Morgan fingerprint density at radius 1 is 1.00 bits per heavy atom.